The number of halogens is 1. The molecule has 0 aliphatic heterocycles. The van der Waals surface area contributed by atoms with Crippen LogP contribution in [0.3, 0.4) is 0 Å². The summed E-state index contributed by atoms with van der Waals surface area (Å²) >= 11 is 0. The summed E-state index contributed by atoms with van der Waals surface area (Å²) < 4.78 is 37.8. The summed E-state index contributed by atoms with van der Waals surface area (Å²) in [5.41, 5.74) is 5.38. The SMILES string of the molecule is CC(CC(=O)NC1(CN)CCCC1)S(=O)(=O)c1ccc(F)cc1. The topological polar surface area (TPSA) is 89.3 Å². The average Bonchev–Trinajstić information content (AvgIpc) is 2.96. The number of hydrogen-bond donors (Lipinski definition) is 2. The number of nitrogens with one attached hydrogen (secondary N) is 1. The zero-order chi connectivity index (χ0) is 17.1. The second-order valence-corrected chi connectivity index (χ2v) is 8.62. The summed E-state index contributed by atoms with van der Waals surface area (Å²) in [5.74, 6) is -0.809. The van der Waals surface area contributed by atoms with Crippen LogP contribution in [0.4, 0.5) is 4.39 Å². The molecule has 0 radical (unpaired) electrons. The largest absolute Gasteiger partial charge is 0.349 e. The predicted molar refractivity (Wildman–Crippen MR) is 86.1 cm³/mol. The molecule has 2 rings (SSSR count). The number of amides is 1. The number of carbonyl (C=O) groups excluding carboxylic acids is 1. The van der Waals surface area contributed by atoms with Crippen LogP contribution in [-0.2, 0) is 14.6 Å². The van der Waals surface area contributed by atoms with E-state index >= 15 is 0 Å². The number of hydrogen-bond acceptors (Lipinski definition) is 4. The van der Waals surface area contributed by atoms with Gasteiger partial charge in [0.1, 0.15) is 5.82 Å². The fourth-order valence-electron chi connectivity index (χ4n) is 3.01. The van der Waals surface area contributed by atoms with Crippen LogP contribution in [0.2, 0.25) is 0 Å². The zero-order valence-corrected chi connectivity index (χ0v) is 14.0. The Morgan fingerprint density at radius 3 is 2.39 bits per heavy atom. The Kier molecular flexibility index (Phi) is 5.41. The highest BCUT2D eigenvalue weighted by atomic mass is 32.2. The van der Waals surface area contributed by atoms with Crippen LogP contribution in [0.1, 0.15) is 39.0 Å². The Morgan fingerprint density at radius 1 is 1.30 bits per heavy atom. The molecule has 1 atom stereocenters. The minimum absolute atomic E-state index is 0.0219. The van der Waals surface area contributed by atoms with E-state index in [0.717, 1.165) is 37.8 Å². The maximum Gasteiger partial charge on any atom is 0.221 e. The normalized spacial score (nSPS) is 18.6. The van der Waals surface area contributed by atoms with Gasteiger partial charge in [0, 0.05) is 13.0 Å². The molecule has 1 saturated carbocycles. The Labute approximate surface area is 136 Å². The molecule has 5 nitrogen and oxygen atoms in total. The number of benzene rings is 1. The van der Waals surface area contributed by atoms with Crippen LogP contribution >= 0.6 is 0 Å². The molecule has 1 fully saturated rings. The van der Waals surface area contributed by atoms with Gasteiger partial charge in [-0.25, -0.2) is 12.8 Å². The molecular weight excluding hydrogens is 319 g/mol. The van der Waals surface area contributed by atoms with E-state index < -0.39 is 26.4 Å². The summed E-state index contributed by atoms with van der Waals surface area (Å²) in [6, 6.07) is 4.64. The fourth-order valence-corrected chi connectivity index (χ4v) is 4.36. The van der Waals surface area contributed by atoms with Gasteiger partial charge in [0.25, 0.3) is 0 Å². The third-order valence-corrected chi connectivity index (χ3v) is 6.66. The van der Waals surface area contributed by atoms with Crippen LogP contribution < -0.4 is 11.1 Å². The fraction of sp³-hybridized carbons (Fsp3) is 0.562. The molecule has 1 aromatic carbocycles. The van der Waals surface area contributed by atoms with Crippen molar-refractivity contribution >= 4 is 15.7 Å². The molecule has 3 N–H and O–H groups in total. The molecule has 0 spiro atoms. The van der Waals surface area contributed by atoms with Gasteiger partial charge in [-0.2, -0.15) is 0 Å². The smallest absolute Gasteiger partial charge is 0.221 e. The second-order valence-electron chi connectivity index (χ2n) is 6.25. The van der Waals surface area contributed by atoms with Gasteiger partial charge < -0.3 is 11.1 Å². The number of carbonyl (C=O) groups is 1. The Balaban J connectivity index is 2.04. The lowest BCUT2D eigenvalue weighted by molar-refractivity contribution is -0.122. The van der Waals surface area contributed by atoms with Crippen molar-refractivity contribution in [3.05, 3.63) is 30.1 Å². The van der Waals surface area contributed by atoms with Gasteiger partial charge in [0.15, 0.2) is 9.84 Å². The van der Waals surface area contributed by atoms with Crippen molar-refractivity contribution in [3.63, 3.8) is 0 Å². The minimum atomic E-state index is -3.67. The first-order valence-corrected chi connectivity index (χ1v) is 9.34. The maximum atomic E-state index is 12.9. The quantitative estimate of drug-likeness (QED) is 0.771. The molecule has 0 heterocycles. The van der Waals surface area contributed by atoms with Crippen molar-refractivity contribution in [2.75, 3.05) is 6.54 Å². The molecule has 1 aliphatic rings. The number of rotatable bonds is 6. The molecule has 23 heavy (non-hydrogen) atoms. The zero-order valence-electron chi connectivity index (χ0n) is 13.2. The maximum absolute atomic E-state index is 12.9. The first-order valence-electron chi connectivity index (χ1n) is 7.80. The molecule has 1 unspecified atom stereocenters. The van der Waals surface area contributed by atoms with Crippen LogP contribution in [0, 0.1) is 5.82 Å². The Bertz CT molecular complexity index is 652. The lowest BCUT2D eigenvalue weighted by Gasteiger charge is -2.29. The van der Waals surface area contributed by atoms with Crippen molar-refractivity contribution in [2.45, 2.75) is 54.7 Å². The monoisotopic (exact) mass is 342 g/mol. The number of nitrogens with two attached hydrogens (primary N) is 1. The van der Waals surface area contributed by atoms with Gasteiger partial charge in [0.2, 0.25) is 5.91 Å². The van der Waals surface area contributed by atoms with E-state index in [1.165, 1.54) is 19.1 Å². The molecule has 0 bridgehead atoms. The van der Waals surface area contributed by atoms with Crippen molar-refractivity contribution < 1.29 is 17.6 Å². The summed E-state index contributed by atoms with van der Waals surface area (Å²) in [7, 11) is -3.67. The van der Waals surface area contributed by atoms with Gasteiger partial charge >= 0.3 is 0 Å². The summed E-state index contributed by atoms with van der Waals surface area (Å²) in [5, 5.41) is 2.03. The Morgan fingerprint density at radius 2 is 1.87 bits per heavy atom. The first-order chi connectivity index (χ1) is 10.8. The standard InChI is InChI=1S/C16H23FN2O3S/c1-12(23(21,22)14-6-4-13(17)5-7-14)10-15(20)19-16(11-18)8-2-3-9-16/h4-7,12H,2-3,8-11,18H2,1H3,(H,19,20). The van der Waals surface area contributed by atoms with Crippen molar-refractivity contribution in [3.8, 4) is 0 Å². The molecule has 7 heteroatoms. The van der Waals surface area contributed by atoms with E-state index in [9.17, 15) is 17.6 Å². The van der Waals surface area contributed by atoms with Gasteiger partial charge in [-0.15, -0.1) is 0 Å². The van der Waals surface area contributed by atoms with Crippen LogP contribution in [0.15, 0.2) is 29.2 Å². The van der Waals surface area contributed by atoms with E-state index in [0.29, 0.717) is 6.54 Å². The van der Waals surface area contributed by atoms with Gasteiger partial charge in [-0.05, 0) is 44.0 Å². The first kappa shape index (κ1) is 17.9. The van der Waals surface area contributed by atoms with Gasteiger partial charge in [-0.3, -0.25) is 4.79 Å². The summed E-state index contributed by atoms with van der Waals surface area (Å²) in [6.45, 7) is 1.85. The predicted octanol–water partition coefficient (Wildman–Crippen LogP) is 1.77. The Hall–Kier alpha value is -1.47. The summed E-state index contributed by atoms with van der Waals surface area (Å²) in [4.78, 5) is 12.2. The van der Waals surface area contributed by atoms with E-state index in [1.807, 2.05) is 0 Å². The van der Waals surface area contributed by atoms with Crippen molar-refractivity contribution in [2.24, 2.45) is 5.73 Å². The number of sulfone groups is 1. The van der Waals surface area contributed by atoms with Crippen LogP contribution in [0.25, 0.3) is 0 Å². The average molecular weight is 342 g/mol. The molecular formula is C16H23FN2O3S. The highest BCUT2D eigenvalue weighted by Crippen LogP contribution is 2.29. The molecule has 0 aromatic heterocycles. The van der Waals surface area contributed by atoms with Crippen LogP contribution in [-0.4, -0.2) is 31.7 Å². The van der Waals surface area contributed by atoms with Crippen molar-refractivity contribution in [1.82, 2.24) is 5.32 Å². The molecule has 0 saturated heterocycles. The third kappa shape index (κ3) is 4.09. The lowest BCUT2D eigenvalue weighted by atomic mass is 9.97. The second kappa shape index (κ2) is 6.97. The minimum Gasteiger partial charge on any atom is -0.349 e. The molecule has 128 valence electrons. The van der Waals surface area contributed by atoms with E-state index in [2.05, 4.69) is 5.32 Å². The molecule has 1 amide bonds. The third-order valence-electron chi connectivity index (χ3n) is 4.50. The van der Waals surface area contributed by atoms with Crippen LogP contribution in [0.5, 0.6) is 0 Å². The van der Waals surface area contributed by atoms with E-state index in [1.54, 1.807) is 0 Å². The van der Waals surface area contributed by atoms with E-state index in [-0.39, 0.29) is 17.2 Å². The summed E-state index contributed by atoms with van der Waals surface area (Å²) in [6.07, 6.45) is 3.55. The highest BCUT2D eigenvalue weighted by molar-refractivity contribution is 7.92. The molecule has 1 aromatic rings. The van der Waals surface area contributed by atoms with E-state index in [4.69, 9.17) is 5.73 Å². The van der Waals surface area contributed by atoms with Gasteiger partial charge in [0.05, 0.1) is 15.7 Å². The van der Waals surface area contributed by atoms with Gasteiger partial charge in [-0.1, -0.05) is 12.8 Å². The lowest BCUT2D eigenvalue weighted by Crippen LogP contribution is -2.52. The highest BCUT2D eigenvalue weighted by Gasteiger charge is 2.35. The molecule has 1 aliphatic carbocycles. The van der Waals surface area contributed by atoms with Crippen molar-refractivity contribution in [1.29, 1.82) is 0 Å².